The summed E-state index contributed by atoms with van der Waals surface area (Å²) in [6.07, 6.45) is 1.97. The van der Waals surface area contributed by atoms with Crippen molar-refractivity contribution in [2.45, 2.75) is 26.4 Å². The standard InChI is InChI=1S/C30H26FN5O/c1-20-13-15-24(16-14-20)32-30(37)35-19-26-21(2)33-36(25-10-4-3-5-11-25)29(26)34-17-7-12-27(34)28(35)22-8-6-9-23(31)18-22/h3-18,28H,19H2,1-2H3,(H,32,37)/t28-/m1/s1. The normalized spacial score (nSPS) is 14.6. The Balaban J connectivity index is 1.53. The summed E-state index contributed by atoms with van der Waals surface area (Å²) in [5.74, 6) is 0.527. The first-order chi connectivity index (χ1) is 18.0. The molecule has 1 aliphatic heterocycles. The zero-order chi connectivity index (χ0) is 25.5. The molecule has 0 bridgehead atoms. The molecule has 37 heavy (non-hydrogen) atoms. The molecule has 3 heterocycles. The maximum atomic E-state index is 14.5. The van der Waals surface area contributed by atoms with Crippen LogP contribution < -0.4 is 5.32 Å². The molecule has 184 valence electrons. The number of nitrogens with zero attached hydrogens (tertiary/aromatic N) is 4. The van der Waals surface area contributed by atoms with Crippen LogP contribution >= 0.6 is 0 Å². The van der Waals surface area contributed by atoms with E-state index < -0.39 is 6.04 Å². The Hall–Kier alpha value is -4.65. The van der Waals surface area contributed by atoms with Crippen LogP contribution in [-0.4, -0.2) is 25.3 Å². The second kappa shape index (κ2) is 9.09. The number of amides is 2. The van der Waals surface area contributed by atoms with Gasteiger partial charge in [0.1, 0.15) is 11.6 Å². The number of halogens is 1. The number of aromatic nitrogens is 3. The van der Waals surface area contributed by atoms with Gasteiger partial charge in [0.05, 0.1) is 29.7 Å². The van der Waals surface area contributed by atoms with Crippen molar-refractivity contribution in [3.8, 4) is 11.5 Å². The van der Waals surface area contributed by atoms with Crippen LogP contribution in [0.25, 0.3) is 11.5 Å². The lowest BCUT2D eigenvalue weighted by Gasteiger charge is -2.31. The lowest BCUT2D eigenvalue weighted by Crippen LogP contribution is -2.38. The summed E-state index contributed by atoms with van der Waals surface area (Å²) in [6.45, 7) is 4.26. The van der Waals surface area contributed by atoms with Gasteiger partial charge >= 0.3 is 6.03 Å². The Bertz CT molecular complexity index is 1590. The van der Waals surface area contributed by atoms with E-state index in [0.29, 0.717) is 17.8 Å². The predicted octanol–water partition coefficient (Wildman–Crippen LogP) is 6.56. The summed E-state index contributed by atoms with van der Waals surface area (Å²) in [5, 5.41) is 7.91. The first kappa shape index (κ1) is 22.8. The fourth-order valence-electron chi connectivity index (χ4n) is 5.01. The van der Waals surface area contributed by atoms with Gasteiger partial charge in [0.15, 0.2) is 0 Å². The topological polar surface area (TPSA) is 55.1 Å². The average Bonchev–Trinajstić information content (AvgIpc) is 3.46. The Morgan fingerprint density at radius 3 is 2.49 bits per heavy atom. The summed E-state index contributed by atoms with van der Waals surface area (Å²) in [7, 11) is 0. The maximum Gasteiger partial charge on any atom is 0.322 e. The van der Waals surface area contributed by atoms with Crippen molar-refractivity contribution in [2.24, 2.45) is 0 Å². The molecule has 6 rings (SSSR count). The van der Waals surface area contributed by atoms with Crippen LogP contribution in [0.4, 0.5) is 14.9 Å². The number of para-hydroxylation sites is 1. The Morgan fingerprint density at radius 1 is 0.946 bits per heavy atom. The molecule has 0 unspecified atom stereocenters. The van der Waals surface area contributed by atoms with E-state index in [0.717, 1.165) is 34.0 Å². The smallest absolute Gasteiger partial charge is 0.308 e. The van der Waals surface area contributed by atoms with E-state index in [9.17, 15) is 9.18 Å². The van der Waals surface area contributed by atoms with Crippen molar-refractivity contribution in [2.75, 3.05) is 5.32 Å². The molecule has 2 amide bonds. The zero-order valence-electron chi connectivity index (χ0n) is 20.6. The predicted molar refractivity (Wildman–Crippen MR) is 142 cm³/mol. The average molecular weight is 492 g/mol. The molecule has 0 saturated carbocycles. The third kappa shape index (κ3) is 4.08. The lowest BCUT2D eigenvalue weighted by atomic mass is 10.0. The van der Waals surface area contributed by atoms with Crippen molar-refractivity contribution in [1.82, 2.24) is 19.2 Å². The van der Waals surface area contributed by atoms with E-state index in [2.05, 4.69) is 9.88 Å². The van der Waals surface area contributed by atoms with Crippen molar-refractivity contribution in [3.63, 3.8) is 0 Å². The van der Waals surface area contributed by atoms with Crippen molar-refractivity contribution in [1.29, 1.82) is 0 Å². The second-order valence-corrected chi connectivity index (χ2v) is 9.32. The third-order valence-corrected chi connectivity index (χ3v) is 6.81. The quantitative estimate of drug-likeness (QED) is 0.311. The fourth-order valence-corrected chi connectivity index (χ4v) is 5.01. The molecule has 0 fully saturated rings. The van der Waals surface area contributed by atoms with Gasteiger partial charge in [-0.1, -0.05) is 48.0 Å². The van der Waals surface area contributed by atoms with Crippen LogP contribution in [0.3, 0.4) is 0 Å². The van der Waals surface area contributed by atoms with Gasteiger partial charge in [-0.3, -0.25) is 0 Å². The number of fused-ring (bicyclic) bond motifs is 3. The number of nitrogens with one attached hydrogen (secondary N) is 1. The van der Waals surface area contributed by atoms with E-state index in [1.807, 2.05) is 97.5 Å². The maximum absolute atomic E-state index is 14.5. The number of urea groups is 1. The molecule has 0 saturated heterocycles. The summed E-state index contributed by atoms with van der Waals surface area (Å²) < 4.78 is 18.4. The molecule has 0 radical (unpaired) electrons. The lowest BCUT2D eigenvalue weighted by molar-refractivity contribution is 0.194. The molecule has 0 aliphatic carbocycles. The number of benzene rings is 3. The van der Waals surface area contributed by atoms with Crippen LogP contribution in [0.2, 0.25) is 0 Å². The first-order valence-corrected chi connectivity index (χ1v) is 12.2. The number of aryl methyl sites for hydroxylation is 2. The molecule has 5 aromatic rings. The van der Waals surface area contributed by atoms with Gasteiger partial charge in [0, 0.05) is 17.4 Å². The van der Waals surface area contributed by atoms with E-state index in [1.165, 1.54) is 12.1 Å². The number of rotatable bonds is 3. The highest BCUT2D eigenvalue weighted by Crippen LogP contribution is 2.38. The van der Waals surface area contributed by atoms with Gasteiger partial charge in [-0.05, 0) is 67.9 Å². The van der Waals surface area contributed by atoms with E-state index in [-0.39, 0.29) is 11.8 Å². The largest absolute Gasteiger partial charge is 0.322 e. The molecule has 3 aromatic carbocycles. The molecular formula is C30H26FN5O. The van der Waals surface area contributed by atoms with Gasteiger partial charge in [-0.2, -0.15) is 5.10 Å². The fraction of sp³-hybridized carbons (Fsp3) is 0.133. The van der Waals surface area contributed by atoms with Crippen LogP contribution in [0.1, 0.15) is 34.1 Å². The highest BCUT2D eigenvalue weighted by molar-refractivity contribution is 5.90. The van der Waals surface area contributed by atoms with Gasteiger partial charge in [0.25, 0.3) is 0 Å². The van der Waals surface area contributed by atoms with Crippen LogP contribution in [0.15, 0.2) is 97.2 Å². The molecule has 7 heteroatoms. The van der Waals surface area contributed by atoms with Crippen LogP contribution in [0, 0.1) is 19.7 Å². The summed E-state index contributed by atoms with van der Waals surface area (Å²) in [6, 6.07) is 27.2. The summed E-state index contributed by atoms with van der Waals surface area (Å²) in [5.41, 5.74) is 6.03. The number of carbonyl (C=O) groups excluding carboxylic acids is 1. The minimum atomic E-state index is -0.521. The third-order valence-electron chi connectivity index (χ3n) is 6.81. The minimum absolute atomic E-state index is 0.273. The summed E-state index contributed by atoms with van der Waals surface area (Å²) >= 11 is 0. The highest BCUT2D eigenvalue weighted by Gasteiger charge is 2.36. The van der Waals surface area contributed by atoms with Crippen molar-refractivity contribution >= 4 is 11.7 Å². The minimum Gasteiger partial charge on any atom is -0.308 e. The monoisotopic (exact) mass is 491 g/mol. The first-order valence-electron chi connectivity index (χ1n) is 12.2. The Labute approximate surface area is 214 Å². The van der Waals surface area contributed by atoms with Gasteiger partial charge in [-0.25, -0.2) is 13.9 Å². The molecule has 0 spiro atoms. The van der Waals surface area contributed by atoms with E-state index >= 15 is 0 Å². The summed E-state index contributed by atoms with van der Waals surface area (Å²) in [4.78, 5) is 15.6. The molecule has 1 N–H and O–H groups in total. The number of carbonyl (C=O) groups is 1. The Kier molecular flexibility index (Phi) is 5.60. The Morgan fingerprint density at radius 2 is 1.73 bits per heavy atom. The SMILES string of the molecule is Cc1ccc(NC(=O)N2Cc3c(C)nn(-c4ccccc4)c3-n3cccc3[C@H]2c2cccc(F)c2)cc1. The van der Waals surface area contributed by atoms with E-state index in [4.69, 9.17) is 5.10 Å². The highest BCUT2D eigenvalue weighted by atomic mass is 19.1. The van der Waals surface area contributed by atoms with Crippen molar-refractivity contribution in [3.05, 3.63) is 131 Å². The molecule has 1 atom stereocenters. The van der Waals surface area contributed by atoms with Crippen LogP contribution in [-0.2, 0) is 6.54 Å². The van der Waals surface area contributed by atoms with Gasteiger partial charge in [-0.15, -0.1) is 0 Å². The zero-order valence-corrected chi connectivity index (χ0v) is 20.6. The number of anilines is 1. The second-order valence-electron chi connectivity index (χ2n) is 9.32. The van der Waals surface area contributed by atoms with Gasteiger partial charge < -0.3 is 14.8 Å². The number of hydrogen-bond acceptors (Lipinski definition) is 2. The molecular weight excluding hydrogens is 465 g/mol. The molecule has 2 aromatic heterocycles. The molecule has 6 nitrogen and oxygen atoms in total. The van der Waals surface area contributed by atoms with Gasteiger partial charge in [0.2, 0.25) is 0 Å². The van der Waals surface area contributed by atoms with Crippen molar-refractivity contribution < 1.29 is 9.18 Å². The van der Waals surface area contributed by atoms with Crippen LogP contribution in [0.5, 0.6) is 0 Å². The number of hydrogen-bond donors (Lipinski definition) is 1. The van der Waals surface area contributed by atoms with E-state index in [1.54, 1.807) is 11.0 Å². The molecule has 1 aliphatic rings.